The highest BCUT2D eigenvalue weighted by Gasteiger charge is 2.28. The molecule has 0 atom stereocenters. The minimum atomic E-state index is -1.14. The Balaban J connectivity index is 1.63. The van der Waals surface area contributed by atoms with Crippen molar-refractivity contribution in [1.29, 1.82) is 0 Å². The Morgan fingerprint density at radius 2 is 1.96 bits per heavy atom. The van der Waals surface area contributed by atoms with Crippen LogP contribution in [0, 0.1) is 0 Å². The molecule has 8 heteroatoms. The van der Waals surface area contributed by atoms with Crippen LogP contribution in [0.4, 0.5) is 0 Å². The van der Waals surface area contributed by atoms with E-state index >= 15 is 0 Å². The molecule has 0 bridgehead atoms. The molecule has 1 aliphatic rings. The van der Waals surface area contributed by atoms with Gasteiger partial charge in [-0.3, -0.25) is 19.4 Å². The first-order chi connectivity index (χ1) is 11.6. The highest BCUT2D eigenvalue weighted by molar-refractivity contribution is 6.03. The molecule has 8 nitrogen and oxygen atoms in total. The zero-order chi connectivity index (χ0) is 17.1. The lowest BCUT2D eigenvalue weighted by atomic mass is 10.2. The highest BCUT2D eigenvalue weighted by Crippen LogP contribution is 2.14. The number of carbonyl (C=O) groups is 2. The van der Waals surface area contributed by atoms with Gasteiger partial charge in [0.25, 0.3) is 5.91 Å². The van der Waals surface area contributed by atoms with Crippen molar-refractivity contribution in [3.05, 3.63) is 47.5 Å². The molecule has 1 saturated heterocycles. The minimum Gasteiger partial charge on any atom is -0.478 e. The fourth-order valence-electron chi connectivity index (χ4n) is 2.83. The Bertz CT molecular complexity index is 735. The molecule has 2 aromatic heterocycles. The second-order valence-electron chi connectivity index (χ2n) is 5.73. The number of aromatic nitrogens is 3. The molecule has 0 aromatic carbocycles. The molecular formula is C16H19N5O3. The van der Waals surface area contributed by atoms with Crippen molar-refractivity contribution in [3.8, 4) is 0 Å². The molecule has 0 saturated carbocycles. The van der Waals surface area contributed by atoms with Crippen LogP contribution in [-0.4, -0.2) is 67.7 Å². The lowest BCUT2D eigenvalue weighted by Crippen LogP contribution is -2.48. The van der Waals surface area contributed by atoms with Crippen LogP contribution in [0.2, 0.25) is 0 Å². The van der Waals surface area contributed by atoms with Gasteiger partial charge in [0.15, 0.2) is 0 Å². The number of carboxylic acid groups (broad SMARTS) is 1. The number of piperazine rings is 1. The second kappa shape index (κ2) is 6.79. The van der Waals surface area contributed by atoms with Crippen LogP contribution in [0.1, 0.15) is 26.5 Å². The van der Waals surface area contributed by atoms with Crippen molar-refractivity contribution in [2.75, 3.05) is 26.2 Å². The Morgan fingerprint density at radius 3 is 2.58 bits per heavy atom. The predicted molar refractivity (Wildman–Crippen MR) is 85.6 cm³/mol. The van der Waals surface area contributed by atoms with Gasteiger partial charge in [-0.1, -0.05) is 6.07 Å². The van der Waals surface area contributed by atoms with E-state index in [4.69, 9.17) is 0 Å². The number of aromatic carboxylic acids is 1. The lowest BCUT2D eigenvalue weighted by Gasteiger charge is -2.34. The van der Waals surface area contributed by atoms with Crippen LogP contribution < -0.4 is 0 Å². The van der Waals surface area contributed by atoms with Gasteiger partial charge in [0.05, 0.1) is 11.9 Å². The third kappa shape index (κ3) is 3.28. The summed E-state index contributed by atoms with van der Waals surface area (Å²) in [7, 11) is 1.58. The SMILES string of the molecule is Cn1ncc(C(=O)O)c1C(=O)N1CCN(Cc2ccccn2)CC1. The van der Waals surface area contributed by atoms with Crippen LogP contribution in [0.15, 0.2) is 30.6 Å². The molecule has 2 aromatic rings. The summed E-state index contributed by atoms with van der Waals surface area (Å²) < 4.78 is 1.33. The van der Waals surface area contributed by atoms with Gasteiger partial charge in [0, 0.05) is 46.0 Å². The van der Waals surface area contributed by atoms with Crippen molar-refractivity contribution in [3.63, 3.8) is 0 Å². The van der Waals surface area contributed by atoms with Gasteiger partial charge >= 0.3 is 5.97 Å². The number of nitrogens with zero attached hydrogens (tertiary/aromatic N) is 5. The predicted octanol–water partition coefficient (Wildman–Crippen LogP) is 0.471. The first kappa shape index (κ1) is 16.1. The van der Waals surface area contributed by atoms with E-state index in [9.17, 15) is 14.7 Å². The molecule has 1 fully saturated rings. The zero-order valence-electron chi connectivity index (χ0n) is 13.4. The van der Waals surface area contributed by atoms with Gasteiger partial charge in [-0.25, -0.2) is 4.79 Å². The van der Waals surface area contributed by atoms with Gasteiger partial charge in [-0.2, -0.15) is 5.10 Å². The molecule has 0 radical (unpaired) electrons. The number of carbonyl (C=O) groups excluding carboxylic acids is 1. The van der Waals surface area contributed by atoms with Crippen LogP contribution in [0.5, 0.6) is 0 Å². The first-order valence-electron chi connectivity index (χ1n) is 7.73. The molecule has 0 unspecified atom stereocenters. The molecule has 1 N–H and O–H groups in total. The highest BCUT2D eigenvalue weighted by atomic mass is 16.4. The normalized spacial score (nSPS) is 15.5. The fourth-order valence-corrected chi connectivity index (χ4v) is 2.83. The number of rotatable bonds is 4. The summed E-state index contributed by atoms with van der Waals surface area (Å²) in [5, 5.41) is 13.1. The van der Waals surface area contributed by atoms with E-state index in [-0.39, 0.29) is 17.2 Å². The van der Waals surface area contributed by atoms with E-state index in [1.807, 2.05) is 18.2 Å². The van der Waals surface area contributed by atoms with Crippen molar-refractivity contribution >= 4 is 11.9 Å². The van der Waals surface area contributed by atoms with Crippen molar-refractivity contribution < 1.29 is 14.7 Å². The number of hydrogen-bond donors (Lipinski definition) is 1. The molecule has 24 heavy (non-hydrogen) atoms. The Morgan fingerprint density at radius 1 is 1.21 bits per heavy atom. The summed E-state index contributed by atoms with van der Waals surface area (Å²) in [6.45, 7) is 3.30. The van der Waals surface area contributed by atoms with Crippen LogP contribution in [0.25, 0.3) is 0 Å². The van der Waals surface area contributed by atoms with Crippen molar-refractivity contribution in [2.45, 2.75) is 6.54 Å². The average Bonchev–Trinajstić information content (AvgIpc) is 2.98. The molecule has 3 heterocycles. The monoisotopic (exact) mass is 329 g/mol. The number of hydrogen-bond acceptors (Lipinski definition) is 5. The second-order valence-corrected chi connectivity index (χ2v) is 5.73. The number of aryl methyl sites for hydroxylation is 1. The van der Waals surface area contributed by atoms with Gasteiger partial charge in [0.1, 0.15) is 11.3 Å². The average molecular weight is 329 g/mol. The van der Waals surface area contributed by atoms with E-state index in [1.54, 1.807) is 18.1 Å². The summed E-state index contributed by atoms with van der Waals surface area (Å²) in [6, 6.07) is 5.82. The Labute approximate surface area is 139 Å². The summed E-state index contributed by atoms with van der Waals surface area (Å²) >= 11 is 0. The summed E-state index contributed by atoms with van der Waals surface area (Å²) in [6.07, 6.45) is 2.98. The third-order valence-electron chi connectivity index (χ3n) is 4.14. The first-order valence-corrected chi connectivity index (χ1v) is 7.73. The van der Waals surface area contributed by atoms with Crippen LogP contribution in [-0.2, 0) is 13.6 Å². The van der Waals surface area contributed by atoms with Crippen molar-refractivity contribution in [2.24, 2.45) is 7.05 Å². The largest absolute Gasteiger partial charge is 0.478 e. The van der Waals surface area contributed by atoms with Gasteiger partial charge in [-0.15, -0.1) is 0 Å². The van der Waals surface area contributed by atoms with Gasteiger partial charge in [-0.05, 0) is 12.1 Å². The topological polar surface area (TPSA) is 91.6 Å². The Hall–Kier alpha value is -2.74. The smallest absolute Gasteiger partial charge is 0.339 e. The van der Waals surface area contributed by atoms with Crippen molar-refractivity contribution in [1.82, 2.24) is 24.6 Å². The number of carboxylic acids is 1. The molecule has 3 rings (SSSR count). The quantitative estimate of drug-likeness (QED) is 0.877. The van der Waals surface area contributed by atoms with E-state index in [0.717, 1.165) is 25.3 Å². The Kier molecular flexibility index (Phi) is 4.57. The van der Waals surface area contributed by atoms with E-state index < -0.39 is 5.97 Å². The third-order valence-corrected chi connectivity index (χ3v) is 4.14. The molecule has 0 aliphatic carbocycles. The summed E-state index contributed by atoms with van der Waals surface area (Å²) in [5.41, 5.74) is 1.07. The standard InChI is InChI=1S/C16H19N5O3/c1-19-14(13(10-18-19)16(23)24)15(22)21-8-6-20(7-9-21)11-12-4-2-3-5-17-12/h2-5,10H,6-9,11H2,1H3,(H,23,24). The minimum absolute atomic E-state index is 0.0570. The molecule has 0 spiro atoms. The molecular weight excluding hydrogens is 310 g/mol. The molecule has 1 amide bonds. The van der Waals surface area contributed by atoms with E-state index in [1.165, 1.54) is 10.9 Å². The van der Waals surface area contributed by atoms with Crippen LogP contribution >= 0.6 is 0 Å². The maximum absolute atomic E-state index is 12.6. The van der Waals surface area contributed by atoms with Crippen LogP contribution in [0.3, 0.4) is 0 Å². The maximum atomic E-state index is 12.6. The zero-order valence-corrected chi connectivity index (χ0v) is 13.4. The van der Waals surface area contributed by atoms with E-state index in [0.29, 0.717) is 13.1 Å². The summed E-state index contributed by atoms with van der Waals surface area (Å²) in [4.78, 5) is 32.1. The number of amides is 1. The van der Waals surface area contributed by atoms with Gasteiger partial charge in [0.2, 0.25) is 0 Å². The maximum Gasteiger partial charge on any atom is 0.339 e. The molecule has 1 aliphatic heterocycles. The summed E-state index contributed by atoms with van der Waals surface area (Å²) in [5.74, 6) is -1.43. The molecule has 126 valence electrons. The number of pyridine rings is 1. The lowest BCUT2D eigenvalue weighted by molar-refractivity contribution is 0.0598. The van der Waals surface area contributed by atoms with E-state index in [2.05, 4.69) is 15.0 Å². The van der Waals surface area contributed by atoms with Gasteiger partial charge < -0.3 is 10.0 Å². The fraction of sp³-hybridized carbons (Fsp3) is 0.375.